The van der Waals surface area contributed by atoms with Crippen LogP contribution >= 0.6 is 0 Å². The predicted octanol–water partition coefficient (Wildman–Crippen LogP) is 0.204. The van der Waals surface area contributed by atoms with Gasteiger partial charge in [0.25, 0.3) is 0 Å². The summed E-state index contributed by atoms with van der Waals surface area (Å²) >= 11 is 0. The minimum Gasteiger partial charge on any atom is -0.316 e. The molecule has 0 rings (SSSR count). The molecule has 4 heteroatoms. The molecular weight excluding hydrogens is 164 g/mol. The average molecular weight is 188 g/mol. The lowest BCUT2D eigenvalue weighted by Crippen LogP contribution is -2.30. The van der Waals surface area contributed by atoms with Crippen molar-refractivity contribution >= 4 is 0 Å². The van der Waals surface area contributed by atoms with E-state index in [1.54, 1.807) is 0 Å². The third-order valence-electron chi connectivity index (χ3n) is 2.07. The molecule has 0 bridgehead atoms. The van der Waals surface area contributed by atoms with Crippen LogP contribution in [0, 0.1) is 0 Å². The van der Waals surface area contributed by atoms with Crippen molar-refractivity contribution in [2.45, 2.75) is 57.3 Å². The lowest BCUT2D eigenvalue weighted by atomic mass is 10.1. The minimum absolute atomic E-state index is 0.141. The Morgan fingerprint density at radius 1 is 0.538 bits per heavy atom. The van der Waals surface area contributed by atoms with Gasteiger partial charge in [-0.05, 0) is 12.8 Å². The summed E-state index contributed by atoms with van der Waals surface area (Å²) in [5.74, 6) is 0. The van der Waals surface area contributed by atoms with Gasteiger partial charge in [-0.3, -0.25) is 0 Å². The standard InChI is InChI=1S/C9H24N4/c10-8(11)6-4-2-1-3-5-7-9(12)13/h8-9H,1-7,10-13H2. The van der Waals surface area contributed by atoms with Gasteiger partial charge in [0.1, 0.15) is 0 Å². The second-order valence-electron chi connectivity index (χ2n) is 3.67. The highest BCUT2D eigenvalue weighted by molar-refractivity contribution is 4.54. The summed E-state index contributed by atoms with van der Waals surface area (Å²) in [7, 11) is 0. The fourth-order valence-corrected chi connectivity index (χ4v) is 1.29. The summed E-state index contributed by atoms with van der Waals surface area (Å²) < 4.78 is 0. The van der Waals surface area contributed by atoms with Gasteiger partial charge < -0.3 is 22.9 Å². The zero-order chi connectivity index (χ0) is 10.1. The minimum atomic E-state index is -0.141. The normalized spacial score (nSPS) is 11.5. The molecule has 0 unspecified atom stereocenters. The van der Waals surface area contributed by atoms with Crippen molar-refractivity contribution in [3.05, 3.63) is 0 Å². The van der Waals surface area contributed by atoms with Gasteiger partial charge in [-0.1, -0.05) is 32.1 Å². The summed E-state index contributed by atoms with van der Waals surface area (Å²) in [6.45, 7) is 0. The summed E-state index contributed by atoms with van der Waals surface area (Å²) in [5.41, 5.74) is 21.7. The summed E-state index contributed by atoms with van der Waals surface area (Å²) in [5, 5.41) is 0. The molecule has 4 nitrogen and oxygen atoms in total. The van der Waals surface area contributed by atoms with Gasteiger partial charge in [0.2, 0.25) is 0 Å². The first-order valence-electron chi connectivity index (χ1n) is 5.15. The number of hydrogen-bond donors (Lipinski definition) is 4. The molecule has 0 aromatic carbocycles. The summed E-state index contributed by atoms with van der Waals surface area (Å²) in [6, 6.07) is 0. The van der Waals surface area contributed by atoms with E-state index in [-0.39, 0.29) is 12.3 Å². The first-order valence-corrected chi connectivity index (χ1v) is 5.15. The van der Waals surface area contributed by atoms with Crippen LogP contribution in [0.5, 0.6) is 0 Å². The van der Waals surface area contributed by atoms with E-state index < -0.39 is 0 Å². The molecule has 8 N–H and O–H groups in total. The molecule has 0 radical (unpaired) electrons. The van der Waals surface area contributed by atoms with Crippen molar-refractivity contribution in [2.24, 2.45) is 22.9 Å². The van der Waals surface area contributed by atoms with Gasteiger partial charge >= 0.3 is 0 Å². The second kappa shape index (κ2) is 8.44. The van der Waals surface area contributed by atoms with E-state index >= 15 is 0 Å². The Morgan fingerprint density at radius 3 is 1.15 bits per heavy atom. The van der Waals surface area contributed by atoms with E-state index in [1.807, 2.05) is 0 Å². The number of hydrogen-bond acceptors (Lipinski definition) is 4. The Balaban J connectivity index is 2.92. The van der Waals surface area contributed by atoms with Crippen LogP contribution in [-0.2, 0) is 0 Å². The smallest absolute Gasteiger partial charge is 0.0520 e. The van der Waals surface area contributed by atoms with Crippen LogP contribution in [-0.4, -0.2) is 12.3 Å². The summed E-state index contributed by atoms with van der Waals surface area (Å²) in [4.78, 5) is 0. The van der Waals surface area contributed by atoms with Gasteiger partial charge in [-0.2, -0.15) is 0 Å². The second-order valence-corrected chi connectivity index (χ2v) is 3.67. The highest BCUT2D eigenvalue weighted by Gasteiger charge is 1.96. The largest absolute Gasteiger partial charge is 0.316 e. The van der Waals surface area contributed by atoms with Gasteiger partial charge in [0.15, 0.2) is 0 Å². The van der Waals surface area contributed by atoms with Crippen molar-refractivity contribution in [1.29, 1.82) is 0 Å². The molecule has 0 amide bonds. The maximum Gasteiger partial charge on any atom is 0.0520 e. The molecule has 13 heavy (non-hydrogen) atoms. The van der Waals surface area contributed by atoms with Gasteiger partial charge in [0.05, 0.1) is 12.3 Å². The maximum atomic E-state index is 5.42. The summed E-state index contributed by atoms with van der Waals surface area (Å²) in [6.07, 6.45) is 7.50. The van der Waals surface area contributed by atoms with Crippen LogP contribution in [0.2, 0.25) is 0 Å². The molecule has 0 atom stereocenters. The molecule has 0 saturated carbocycles. The van der Waals surface area contributed by atoms with Crippen molar-refractivity contribution < 1.29 is 0 Å². The first-order chi connectivity index (χ1) is 6.13. The highest BCUT2D eigenvalue weighted by atomic mass is 14.8. The maximum absolute atomic E-state index is 5.42. The van der Waals surface area contributed by atoms with Crippen LogP contribution in [0.3, 0.4) is 0 Å². The quantitative estimate of drug-likeness (QED) is 0.323. The predicted molar refractivity (Wildman–Crippen MR) is 56.6 cm³/mol. The van der Waals surface area contributed by atoms with Crippen molar-refractivity contribution in [3.63, 3.8) is 0 Å². The van der Waals surface area contributed by atoms with E-state index in [1.165, 1.54) is 19.3 Å². The van der Waals surface area contributed by atoms with Gasteiger partial charge in [-0.25, -0.2) is 0 Å². The Morgan fingerprint density at radius 2 is 0.846 bits per heavy atom. The van der Waals surface area contributed by atoms with Crippen LogP contribution < -0.4 is 22.9 Å². The van der Waals surface area contributed by atoms with Crippen LogP contribution in [0.1, 0.15) is 44.9 Å². The Hall–Kier alpha value is -0.160. The first kappa shape index (κ1) is 12.8. The number of nitrogens with two attached hydrogens (primary N) is 4. The van der Waals surface area contributed by atoms with E-state index in [0.29, 0.717) is 0 Å². The monoisotopic (exact) mass is 188 g/mol. The number of rotatable bonds is 8. The fraction of sp³-hybridized carbons (Fsp3) is 1.00. The van der Waals surface area contributed by atoms with Crippen LogP contribution in [0.25, 0.3) is 0 Å². The Kier molecular flexibility index (Phi) is 8.33. The van der Waals surface area contributed by atoms with E-state index in [4.69, 9.17) is 22.9 Å². The molecule has 0 aliphatic rings. The van der Waals surface area contributed by atoms with Crippen LogP contribution in [0.15, 0.2) is 0 Å². The van der Waals surface area contributed by atoms with E-state index in [0.717, 1.165) is 25.7 Å². The van der Waals surface area contributed by atoms with Crippen molar-refractivity contribution in [3.8, 4) is 0 Å². The van der Waals surface area contributed by atoms with Crippen molar-refractivity contribution in [1.82, 2.24) is 0 Å². The Labute approximate surface area is 81.0 Å². The topological polar surface area (TPSA) is 104 Å². The van der Waals surface area contributed by atoms with Gasteiger partial charge in [-0.15, -0.1) is 0 Å². The molecule has 0 spiro atoms. The molecule has 0 aromatic rings. The zero-order valence-corrected chi connectivity index (χ0v) is 8.41. The molecule has 0 heterocycles. The highest BCUT2D eigenvalue weighted by Crippen LogP contribution is 2.07. The third kappa shape index (κ3) is 11.8. The Bertz CT molecular complexity index is 91.8. The molecule has 80 valence electrons. The SMILES string of the molecule is NC(N)CCCCCCCC(N)N. The van der Waals surface area contributed by atoms with Crippen molar-refractivity contribution in [2.75, 3.05) is 0 Å². The lowest BCUT2D eigenvalue weighted by molar-refractivity contribution is 0.521. The number of unbranched alkanes of at least 4 members (excludes halogenated alkanes) is 4. The molecular formula is C9H24N4. The zero-order valence-electron chi connectivity index (χ0n) is 8.41. The molecule has 0 aliphatic carbocycles. The van der Waals surface area contributed by atoms with E-state index in [2.05, 4.69) is 0 Å². The third-order valence-corrected chi connectivity index (χ3v) is 2.07. The van der Waals surface area contributed by atoms with E-state index in [9.17, 15) is 0 Å². The van der Waals surface area contributed by atoms with Crippen LogP contribution in [0.4, 0.5) is 0 Å². The molecule has 0 saturated heterocycles. The molecule has 0 fully saturated rings. The van der Waals surface area contributed by atoms with Gasteiger partial charge in [0, 0.05) is 0 Å². The lowest BCUT2D eigenvalue weighted by Gasteiger charge is -2.06. The molecule has 0 aromatic heterocycles. The average Bonchev–Trinajstić information content (AvgIpc) is 2.01. The molecule has 0 aliphatic heterocycles. The fourth-order valence-electron chi connectivity index (χ4n) is 1.29.